The molecule has 1 fully saturated rings. The van der Waals surface area contributed by atoms with E-state index in [4.69, 9.17) is 0 Å². The summed E-state index contributed by atoms with van der Waals surface area (Å²) in [6.45, 7) is 4.40. The fourth-order valence-corrected chi connectivity index (χ4v) is 2.78. The van der Waals surface area contributed by atoms with Crippen molar-refractivity contribution in [2.45, 2.75) is 19.0 Å². The van der Waals surface area contributed by atoms with Gasteiger partial charge in [0, 0.05) is 45.2 Å². The first kappa shape index (κ1) is 11.7. The van der Waals surface area contributed by atoms with Crippen LogP contribution in [0, 0.1) is 0 Å². The van der Waals surface area contributed by atoms with Gasteiger partial charge in [0.25, 0.3) is 0 Å². The zero-order valence-electron chi connectivity index (χ0n) is 10.5. The maximum Gasteiger partial charge on any atom is 0.224 e. The van der Waals surface area contributed by atoms with Gasteiger partial charge in [0.2, 0.25) is 5.91 Å². The molecule has 3 rings (SSSR count). The lowest BCUT2D eigenvalue weighted by atomic mass is 10.0. The molecule has 2 aliphatic rings. The van der Waals surface area contributed by atoms with Crippen LogP contribution in [-0.2, 0) is 11.3 Å². The number of nitrogens with one attached hydrogen (secondary N) is 2. The Balaban J connectivity index is 1.65. The third-order valence-corrected chi connectivity index (χ3v) is 3.82. The lowest BCUT2D eigenvalue weighted by Crippen LogP contribution is -2.47. The lowest BCUT2D eigenvalue weighted by Gasteiger charge is -2.28. The van der Waals surface area contributed by atoms with E-state index >= 15 is 0 Å². The smallest absolute Gasteiger partial charge is 0.224 e. The number of fused-ring (bicyclic) bond motifs is 1. The van der Waals surface area contributed by atoms with Gasteiger partial charge in [-0.05, 0) is 11.1 Å². The van der Waals surface area contributed by atoms with Crippen LogP contribution in [0.15, 0.2) is 24.3 Å². The van der Waals surface area contributed by atoms with Crippen molar-refractivity contribution in [3.8, 4) is 0 Å². The number of carbonyl (C=O) groups excluding carboxylic acids is 1. The van der Waals surface area contributed by atoms with Gasteiger partial charge in [0.05, 0.1) is 0 Å². The van der Waals surface area contributed by atoms with Crippen molar-refractivity contribution in [3.63, 3.8) is 0 Å². The molecule has 2 N–H and O–H groups in total. The predicted octanol–water partition coefficient (Wildman–Crippen LogP) is 0.653. The highest BCUT2D eigenvalue weighted by Crippen LogP contribution is 2.27. The minimum Gasteiger partial charge on any atom is -0.340 e. The molecule has 2 heterocycles. The summed E-state index contributed by atoms with van der Waals surface area (Å²) < 4.78 is 0. The average Bonchev–Trinajstić information content (AvgIpc) is 2.83. The number of amides is 1. The molecule has 1 aromatic carbocycles. The maximum atomic E-state index is 12.2. The number of carbonyl (C=O) groups is 1. The normalized spacial score (nSPS) is 22.9. The Morgan fingerprint density at radius 1 is 1.28 bits per heavy atom. The molecule has 4 nitrogen and oxygen atoms in total. The average molecular weight is 245 g/mol. The largest absolute Gasteiger partial charge is 0.340 e. The van der Waals surface area contributed by atoms with Crippen LogP contribution in [0.3, 0.4) is 0 Å². The third kappa shape index (κ3) is 2.26. The van der Waals surface area contributed by atoms with E-state index in [2.05, 4.69) is 28.8 Å². The summed E-state index contributed by atoms with van der Waals surface area (Å²) in [5.41, 5.74) is 2.62. The highest BCUT2D eigenvalue weighted by molar-refractivity contribution is 5.77. The van der Waals surface area contributed by atoms with Gasteiger partial charge in [0.15, 0.2) is 0 Å². The first-order chi connectivity index (χ1) is 8.84. The van der Waals surface area contributed by atoms with Gasteiger partial charge in [-0.25, -0.2) is 0 Å². The van der Waals surface area contributed by atoms with Crippen LogP contribution in [0.1, 0.15) is 23.6 Å². The van der Waals surface area contributed by atoms with Gasteiger partial charge in [-0.1, -0.05) is 24.3 Å². The second kappa shape index (κ2) is 5.08. The van der Waals surface area contributed by atoms with Crippen molar-refractivity contribution in [1.82, 2.24) is 15.5 Å². The number of rotatable bonds is 2. The monoisotopic (exact) mass is 245 g/mol. The van der Waals surface area contributed by atoms with Crippen molar-refractivity contribution < 1.29 is 4.79 Å². The van der Waals surface area contributed by atoms with Crippen molar-refractivity contribution in [2.24, 2.45) is 0 Å². The Kier molecular flexibility index (Phi) is 3.30. The molecule has 0 aromatic heterocycles. The molecular formula is C14H19N3O. The van der Waals surface area contributed by atoms with Crippen molar-refractivity contribution >= 4 is 5.91 Å². The zero-order chi connectivity index (χ0) is 12.4. The summed E-state index contributed by atoms with van der Waals surface area (Å²) in [5, 5.41) is 6.70. The highest BCUT2D eigenvalue weighted by atomic mass is 16.2. The molecule has 1 unspecified atom stereocenters. The minimum absolute atomic E-state index is 0.198. The molecule has 0 radical (unpaired) electrons. The lowest BCUT2D eigenvalue weighted by molar-refractivity contribution is -0.132. The number of nitrogens with zero attached hydrogens (tertiary/aromatic N) is 1. The summed E-state index contributed by atoms with van der Waals surface area (Å²) in [6.07, 6.45) is 0.580. The molecule has 18 heavy (non-hydrogen) atoms. The quantitative estimate of drug-likeness (QED) is 0.804. The number of piperazine rings is 1. The van der Waals surface area contributed by atoms with Gasteiger partial charge >= 0.3 is 0 Å². The number of benzene rings is 1. The molecule has 0 bridgehead atoms. The van der Waals surface area contributed by atoms with Crippen LogP contribution in [0.2, 0.25) is 0 Å². The standard InChI is InChI=1S/C14H19N3O/c18-14(17-7-5-15-6-8-17)9-13-12-4-2-1-3-11(12)10-16-13/h1-4,13,15-16H,5-10H2. The summed E-state index contributed by atoms with van der Waals surface area (Å²) in [7, 11) is 0. The first-order valence-electron chi connectivity index (χ1n) is 6.64. The molecule has 96 valence electrons. The molecule has 1 atom stereocenters. The molecule has 1 aromatic rings. The Labute approximate surface area is 107 Å². The minimum atomic E-state index is 0.198. The molecule has 0 aliphatic carbocycles. The van der Waals surface area contributed by atoms with E-state index in [-0.39, 0.29) is 11.9 Å². The number of hydrogen-bond acceptors (Lipinski definition) is 3. The highest BCUT2D eigenvalue weighted by Gasteiger charge is 2.26. The molecule has 1 amide bonds. The van der Waals surface area contributed by atoms with Crippen LogP contribution < -0.4 is 10.6 Å². The molecular weight excluding hydrogens is 226 g/mol. The van der Waals surface area contributed by atoms with E-state index in [0.717, 1.165) is 32.7 Å². The van der Waals surface area contributed by atoms with E-state index in [9.17, 15) is 4.79 Å². The van der Waals surface area contributed by atoms with Crippen LogP contribution >= 0.6 is 0 Å². The van der Waals surface area contributed by atoms with E-state index in [1.807, 2.05) is 11.0 Å². The predicted molar refractivity (Wildman–Crippen MR) is 70.1 cm³/mol. The summed E-state index contributed by atoms with van der Waals surface area (Å²) >= 11 is 0. The van der Waals surface area contributed by atoms with E-state index in [0.29, 0.717) is 6.42 Å². The first-order valence-corrected chi connectivity index (χ1v) is 6.64. The fraction of sp³-hybridized carbons (Fsp3) is 0.500. The Morgan fingerprint density at radius 3 is 2.89 bits per heavy atom. The Morgan fingerprint density at radius 2 is 2.06 bits per heavy atom. The van der Waals surface area contributed by atoms with Gasteiger partial charge < -0.3 is 15.5 Å². The van der Waals surface area contributed by atoms with E-state index < -0.39 is 0 Å². The van der Waals surface area contributed by atoms with Crippen molar-refractivity contribution in [1.29, 1.82) is 0 Å². The maximum absolute atomic E-state index is 12.2. The van der Waals surface area contributed by atoms with Crippen LogP contribution in [0.25, 0.3) is 0 Å². The third-order valence-electron chi connectivity index (χ3n) is 3.82. The van der Waals surface area contributed by atoms with Gasteiger partial charge in [0.1, 0.15) is 0 Å². The Bertz CT molecular complexity index is 440. The van der Waals surface area contributed by atoms with Gasteiger partial charge in [-0.2, -0.15) is 0 Å². The molecule has 1 saturated heterocycles. The topological polar surface area (TPSA) is 44.4 Å². The number of hydrogen-bond donors (Lipinski definition) is 2. The summed E-state index contributed by atoms with van der Waals surface area (Å²) in [5.74, 6) is 0.269. The molecule has 2 aliphatic heterocycles. The van der Waals surface area contributed by atoms with Crippen molar-refractivity contribution in [2.75, 3.05) is 26.2 Å². The van der Waals surface area contributed by atoms with Crippen LogP contribution in [0.5, 0.6) is 0 Å². The van der Waals surface area contributed by atoms with Gasteiger partial charge in [-0.15, -0.1) is 0 Å². The molecule has 4 heteroatoms. The Hall–Kier alpha value is -1.39. The molecule has 0 saturated carbocycles. The van der Waals surface area contributed by atoms with Crippen LogP contribution in [0.4, 0.5) is 0 Å². The van der Waals surface area contributed by atoms with Gasteiger partial charge in [-0.3, -0.25) is 4.79 Å². The molecule has 0 spiro atoms. The second-order valence-corrected chi connectivity index (χ2v) is 4.97. The second-order valence-electron chi connectivity index (χ2n) is 4.97. The zero-order valence-corrected chi connectivity index (χ0v) is 10.5. The van der Waals surface area contributed by atoms with E-state index in [1.54, 1.807) is 0 Å². The van der Waals surface area contributed by atoms with E-state index in [1.165, 1.54) is 11.1 Å². The van der Waals surface area contributed by atoms with Crippen molar-refractivity contribution in [3.05, 3.63) is 35.4 Å². The summed E-state index contributed by atoms with van der Waals surface area (Å²) in [6, 6.07) is 8.57. The SMILES string of the molecule is O=C(CC1NCc2ccccc21)N1CCNCC1. The summed E-state index contributed by atoms with van der Waals surface area (Å²) in [4.78, 5) is 14.2. The fourth-order valence-electron chi connectivity index (χ4n) is 2.78. The van der Waals surface area contributed by atoms with Crippen LogP contribution in [-0.4, -0.2) is 37.0 Å².